The quantitative estimate of drug-likeness (QED) is 0.859. The van der Waals surface area contributed by atoms with Gasteiger partial charge in [-0.3, -0.25) is 4.90 Å². The molecule has 19 heavy (non-hydrogen) atoms. The van der Waals surface area contributed by atoms with E-state index in [1.807, 2.05) is 36.4 Å². The van der Waals surface area contributed by atoms with E-state index in [4.69, 9.17) is 20.8 Å². The standard InChI is InChI=1S/C15H16ClNO2/c16-13-3-1-12(2-4-13)15-6-5-14(19-15)11-17-7-9-18-10-8-17/h1-6H,7-11H2. The van der Waals surface area contributed by atoms with Gasteiger partial charge >= 0.3 is 0 Å². The fourth-order valence-corrected chi connectivity index (χ4v) is 2.34. The van der Waals surface area contributed by atoms with Crippen molar-refractivity contribution in [1.82, 2.24) is 4.90 Å². The normalized spacial score (nSPS) is 16.7. The van der Waals surface area contributed by atoms with Gasteiger partial charge in [0, 0.05) is 23.7 Å². The smallest absolute Gasteiger partial charge is 0.134 e. The summed E-state index contributed by atoms with van der Waals surface area (Å²) >= 11 is 5.88. The molecule has 0 saturated carbocycles. The second-order valence-electron chi connectivity index (χ2n) is 4.66. The van der Waals surface area contributed by atoms with E-state index < -0.39 is 0 Å². The van der Waals surface area contributed by atoms with E-state index in [0.29, 0.717) is 0 Å². The number of ether oxygens (including phenoxy) is 1. The van der Waals surface area contributed by atoms with Crippen molar-refractivity contribution in [3.63, 3.8) is 0 Å². The van der Waals surface area contributed by atoms with Gasteiger partial charge in [-0.1, -0.05) is 11.6 Å². The maximum Gasteiger partial charge on any atom is 0.134 e. The minimum Gasteiger partial charge on any atom is -0.460 e. The molecule has 3 rings (SSSR count). The van der Waals surface area contributed by atoms with Crippen LogP contribution in [0.1, 0.15) is 5.76 Å². The first-order chi connectivity index (χ1) is 9.31. The number of halogens is 1. The number of hydrogen-bond donors (Lipinski definition) is 0. The fraction of sp³-hybridized carbons (Fsp3) is 0.333. The highest BCUT2D eigenvalue weighted by Gasteiger charge is 2.13. The lowest BCUT2D eigenvalue weighted by atomic mass is 10.2. The predicted octanol–water partition coefficient (Wildman–Crippen LogP) is 3.43. The monoisotopic (exact) mass is 277 g/mol. The van der Waals surface area contributed by atoms with Crippen LogP contribution in [0.4, 0.5) is 0 Å². The van der Waals surface area contributed by atoms with Crippen LogP contribution in [0.25, 0.3) is 11.3 Å². The van der Waals surface area contributed by atoms with Crippen molar-refractivity contribution in [2.45, 2.75) is 6.54 Å². The summed E-state index contributed by atoms with van der Waals surface area (Å²) < 4.78 is 11.2. The average Bonchev–Trinajstić information content (AvgIpc) is 2.89. The molecule has 0 radical (unpaired) electrons. The van der Waals surface area contributed by atoms with E-state index in [9.17, 15) is 0 Å². The summed E-state index contributed by atoms with van der Waals surface area (Å²) in [6.45, 7) is 4.40. The van der Waals surface area contributed by atoms with Crippen molar-refractivity contribution in [3.05, 3.63) is 47.2 Å². The zero-order chi connectivity index (χ0) is 13.1. The minimum absolute atomic E-state index is 0.740. The molecule has 1 aromatic carbocycles. The molecule has 0 aliphatic carbocycles. The molecule has 2 aromatic rings. The van der Waals surface area contributed by atoms with Crippen molar-refractivity contribution in [3.8, 4) is 11.3 Å². The minimum atomic E-state index is 0.740. The van der Waals surface area contributed by atoms with Gasteiger partial charge in [-0.2, -0.15) is 0 Å². The van der Waals surface area contributed by atoms with Crippen LogP contribution in [0.3, 0.4) is 0 Å². The van der Waals surface area contributed by atoms with Gasteiger partial charge < -0.3 is 9.15 Å². The van der Waals surface area contributed by atoms with Gasteiger partial charge in [-0.05, 0) is 36.4 Å². The topological polar surface area (TPSA) is 25.6 Å². The molecule has 0 unspecified atom stereocenters. The van der Waals surface area contributed by atoms with E-state index in [-0.39, 0.29) is 0 Å². The lowest BCUT2D eigenvalue weighted by Crippen LogP contribution is -2.35. The number of rotatable bonds is 3. The maximum atomic E-state index is 5.89. The molecule has 2 heterocycles. The van der Waals surface area contributed by atoms with Crippen LogP contribution in [-0.2, 0) is 11.3 Å². The van der Waals surface area contributed by atoms with Crippen LogP contribution >= 0.6 is 11.6 Å². The van der Waals surface area contributed by atoms with E-state index in [0.717, 1.165) is 55.0 Å². The molecule has 0 N–H and O–H groups in total. The second kappa shape index (κ2) is 5.78. The number of benzene rings is 1. The summed E-state index contributed by atoms with van der Waals surface area (Å²) in [6.07, 6.45) is 0. The Morgan fingerprint density at radius 3 is 2.47 bits per heavy atom. The Bertz CT molecular complexity index is 529. The van der Waals surface area contributed by atoms with Crippen LogP contribution in [0, 0.1) is 0 Å². The largest absolute Gasteiger partial charge is 0.460 e. The van der Waals surface area contributed by atoms with E-state index in [1.165, 1.54) is 0 Å². The zero-order valence-corrected chi connectivity index (χ0v) is 11.4. The average molecular weight is 278 g/mol. The van der Waals surface area contributed by atoms with Gasteiger partial charge in [0.25, 0.3) is 0 Å². The highest BCUT2D eigenvalue weighted by molar-refractivity contribution is 6.30. The third-order valence-electron chi connectivity index (χ3n) is 3.27. The van der Waals surface area contributed by atoms with Crippen LogP contribution in [0.2, 0.25) is 5.02 Å². The molecule has 3 nitrogen and oxygen atoms in total. The maximum absolute atomic E-state index is 5.89. The van der Waals surface area contributed by atoms with Gasteiger partial charge in [0.05, 0.1) is 19.8 Å². The molecule has 0 bridgehead atoms. The molecule has 1 saturated heterocycles. The predicted molar refractivity (Wildman–Crippen MR) is 75.3 cm³/mol. The summed E-state index contributed by atoms with van der Waals surface area (Å²) in [5.41, 5.74) is 1.05. The molecule has 0 amide bonds. The van der Waals surface area contributed by atoms with Crippen molar-refractivity contribution in [2.24, 2.45) is 0 Å². The Morgan fingerprint density at radius 2 is 1.74 bits per heavy atom. The summed E-state index contributed by atoms with van der Waals surface area (Å²) in [5, 5.41) is 0.740. The molecule has 0 atom stereocenters. The van der Waals surface area contributed by atoms with Crippen LogP contribution < -0.4 is 0 Å². The van der Waals surface area contributed by atoms with Gasteiger partial charge in [0.15, 0.2) is 0 Å². The number of morpholine rings is 1. The zero-order valence-electron chi connectivity index (χ0n) is 10.6. The number of furan rings is 1. The molecule has 4 heteroatoms. The highest BCUT2D eigenvalue weighted by Crippen LogP contribution is 2.24. The van der Waals surface area contributed by atoms with Crippen molar-refractivity contribution in [1.29, 1.82) is 0 Å². The number of hydrogen-bond acceptors (Lipinski definition) is 3. The highest BCUT2D eigenvalue weighted by atomic mass is 35.5. The lowest BCUT2D eigenvalue weighted by Gasteiger charge is -2.25. The van der Waals surface area contributed by atoms with E-state index in [1.54, 1.807) is 0 Å². The summed E-state index contributed by atoms with van der Waals surface area (Å²) in [5.74, 6) is 1.88. The third-order valence-corrected chi connectivity index (χ3v) is 3.53. The molecule has 1 aliphatic heterocycles. The molecular weight excluding hydrogens is 262 g/mol. The van der Waals surface area contributed by atoms with Gasteiger partial charge in [0.2, 0.25) is 0 Å². The van der Waals surface area contributed by atoms with Crippen molar-refractivity contribution < 1.29 is 9.15 Å². The first-order valence-electron chi connectivity index (χ1n) is 6.46. The Hall–Kier alpha value is -1.29. The van der Waals surface area contributed by atoms with Crippen LogP contribution in [-0.4, -0.2) is 31.2 Å². The Kier molecular flexibility index (Phi) is 3.87. The van der Waals surface area contributed by atoms with Crippen molar-refractivity contribution in [2.75, 3.05) is 26.3 Å². The third kappa shape index (κ3) is 3.18. The van der Waals surface area contributed by atoms with Crippen LogP contribution in [0.5, 0.6) is 0 Å². The van der Waals surface area contributed by atoms with Gasteiger partial charge in [-0.15, -0.1) is 0 Å². The molecule has 0 spiro atoms. The SMILES string of the molecule is Clc1ccc(-c2ccc(CN3CCOCC3)o2)cc1. The summed E-state index contributed by atoms with van der Waals surface area (Å²) in [7, 11) is 0. The Balaban J connectivity index is 1.70. The Labute approximate surface area is 117 Å². The molecule has 1 fully saturated rings. The molecule has 1 aromatic heterocycles. The number of nitrogens with zero attached hydrogens (tertiary/aromatic N) is 1. The summed E-state index contributed by atoms with van der Waals surface area (Å²) in [6, 6.07) is 11.7. The molecular formula is C15H16ClNO2. The molecule has 100 valence electrons. The van der Waals surface area contributed by atoms with E-state index >= 15 is 0 Å². The van der Waals surface area contributed by atoms with Crippen molar-refractivity contribution >= 4 is 11.6 Å². The Morgan fingerprint density at radius 1 is 1.00 bits per heavy atom. The first-order valence-corrected chi connectivity index (χ1v) is 6.84. The van der Waals surface area contributed by atoms with E-state index in [2.05, 4.69) is 4.90 Å². The first kappa shape index (κ1) is 12.7. The van der Waals surface area contributed by atoms with Gasteiger partial charge in [0.1, 0.15) is 11.5 Å². The second-order valence-corrected chi connectivity index (χ2v) is 5.10. The fourth-order valence-electron chi connectivity index (χ4n) is 2.21. The molecule has 1 aliphatic rings. The lowest BCUT2D eigenvalue weighted by molar-refractivity contribution is 0.0314. The summed E-state index contributed by atoms with van der Waals surface area (Å²) in [4.78, 5) is 2.34. The van der Waals surface area contributed by atoms with Crippen LogP contribution in [0.15, 0.2) is 40.8 Å². The van der Waals surface area contributed by atoms with Gasteiger partial charge in [-0.25, -0.2) is 0 Å².